The van der Waals surface area contributed by atoms with Gasteiger partial charge in [-0.05, 0) is 44.6 Å². The van der Waals surface area contributed by atoms with E-state index in [0.717, 1.165) is 36.8 Å². The topological polar surface area (TPSA) is 76.7 Å². The minimum absolute atomic E-state index is 0.110. The smallest absolute Gasteiger partial charge is 0.271 e. The molecule has 1 aromatic carbocycles. The molecular formula is C26H31N3O4. The average molecular weight is 450 g/mol. The number of benzene rings is 1. The summed E-state index contributed by atoms with van der Waals surface area (Å²) >= 11 is 0. The number of fused-ring (bicyclic) bond motifs is 3. The van der Waals surface area contributed by atoms with Crippen molar-refractivity contribution in [1.29, 1.82) is 0 Å². The molecular weight excluding hydrogens is 418 g/mol. The average Bonchev–Trinajstić information content (AvgIpc) is 3.41. The van der Waals surface area contributed by atoms with E-state index in [4.69, 9.17) is 9.15 Å². The Balaban J connectivity index is 1.52. The number of methoxy groups -OCH3 is 1. The fraction of sp³-hybridized carbons (Fsp3) is 0.462. The maximum Gasteiger partial charge on any atom is 0.271 e. The molecule has 1 fully saturated rings. The summed E-state index contributed by atoms with van der Waals surface area (Å²) in [6.07, 6.45) is 5.80. The third kappa shape index (κ3) is 3.69. The van der Waals surface area contributed by atoms with Crippen LogP contribution in [0.1, 0.15) is 55.6 Å². The number of hydrogen-bond acceptors (Lipinski definition) is 4. The summed E-state index contributed by atoms with van der Waals surface area (Å²) < 4.78 is 13.0. The quantitative estimate of drug-likeness (QED) is 0.628. The standard InChI is InChI=1S/C26H31N3O4/c1-17-8-10-19(11-9-17)27-25(31)26(2)16-28-20-12-13-33-23(20)14-21(28)24(30)29(26)15-18-6-4-5-7-22(18)32-3/h4-7,12-14,17,19H,8-11,15-16H2,1-3H3,(H,27,31). The number of amides is 2. The molecule has 0 spiro atoms. The summed E-state index contributed by atoms with van der Waals surface area (Å²) in [5.41, 5.74) is 1.83. The molecule has 2 aliphatic rings. The molecule has 0 bridgehead atoms. The molecule has 33 heavy (non-hydrogen) atoms. The molecule has 174 valence electrons. The van der Waals surface area contributed by atoms with Crippen molar-refractivity contribution in [2.24, 2.45) is 5.92 Å². The highest BCUT2D eigenvalue weighted by Crippen LogP contribution is 2.35. The van der Waals surface area contributed by atoms with Crippen molar-refractivity contribution >= 4 is 22.9 Å². The van der Waals surface area contributed by atoms with E-state index in [1.165, 1.54) is 0 Å². The van der Waals surface area contributed by atoms with Gasteiger partial charge in [0.2, 0.25) is 5.91 Å². The molecule has 1 aliphatic carbocycles. The fourth-order valence-electron chi connectivity index (χ4n) is 5.27. The van der Waals surface area contributed by atoms with Crippen LogP contribution in [0.4, 0.5) is 0 Å². The predicted molar refractivity (Wildman–Crippen MR) is 125 cm³/mol. The second-order valence-corrected chi connectivity index (χ2v) is 9.69. The highest BCUT2D eigenvalue weighted by Gasteiger charge is 2.48. The monoisotopic (exact) mass is 449 g/mol. The van der Waals surface area contributed by atoms with E-state index in [1.54, 1.807) is 24.3 Å². The van der Waals surface area contributed by atoms with Crippen molar-refractivity contribution in [2.75, 3.05) is 7.11 Å². The van der Waals surface area contributed by atoms with Gasteiger partial charge in [0.1, 0.15) is 17.0 Å². The van der Waals surface area contributed by atoms with E-state index in [2.05, 4.69) is 12.2 Å². The Hall–Kier alpha value is -3.22. The maximum absolute atomic E-state index is 13.8. The van der Waals surface area contributed by atoms with Crippen molar-refractivity contribution in [3.8, 4) is 5.75 Å². The zero-order chi connectivity index (χ0) is 23.2. The zero-order valence-electron chi connectivity index (χ0n) is 19.5. The Bertz CT molecular complexity index is 1190. The lowest BCUT2D eigenvalue weighted by atomic mass is 9.86. The number of aromatic nitrogens is 1. The van der Waals surface area contributed by atoms with Gasteiger partial charge in [0, 0.05) is 23.7 Å². The molecule has 1 atom stereocenters. The molecule has 7 heteroatoms. The van der Waals surface area contributed by atoms with E-state index in [-0.39, 0.29) is 24.4 Å². The Labute approximate surface area is 193 Å². The normalized spacial score (nSPS) is 25.2. The minimum atomic E-state index is -1.06. The number of ether oxygens (including phenoxy) is 1. The van der Waals surface area contributed by atoms with Gasteiger partial charge in [-0.2, -0.15) is 0 Å². The lowest BCUT2D eigenvalue weighted by Gasteiger charge is -2.45. The lowest BCUT2D eigenvalue weighted by molar-refractivity contribution is -0.134. The number of hydrogen-bond donors (Lipinski definition) is 1. The van der Waals surface area contributed by atoms with Crippen LogP contribution in [0.5, 0.6) is 5.75 Å². The first-order valence-corrected chi connectivity index (χ1v) is 11.7. The number of carbonyl (C=O) groups excluding carboxylic acids is 2. The molecule has 2 aromatic heterocycles. The number of nitrogens with one attached hydrogen (secondary N) is 1. The third-order valence-corrected chi connectivity index (χ3v) is 7.41. The molecule has 0 radical (unpaired) electrons. The van der Waals surface area contributed by atoms with Gasteiger partial charge in [0.05, 0.1) is 32.0 Å². The van der Waals surface area contributed by atoms with Crippen molar-refractivity contribution in [1.82, 2.24) is 14.8 Å². The second-order valence-electron chi connectivity index (χ2n) is 9.69. The molecule has 2 amide bonds. The van der Waals surface area contributed by atoms with Crippen LogP contribution in [0.25, 0.3) is 11.1 Å². The molecule has 3 heterocycles. The Morgan fingerprint density at radius 2 is 1.97 bits per heavy atom. The first-order valence-electron chi connectivity index (χ1n) is 11.7. The van der Waals surface area contributed by atoms with Gasteiger partial charge in [-0.1, -0.05) is 25.1 Å². The Morgan fingerprint density at radius 3 is 2.73 bits per heavy atom. The van der Waals surface area contributed by atoms with Gasteiger partial charge in [0.15, 0.2) is 5.58 Å². The van der Waals surface area contributed by atoms with Gasteiger partial charge >= 0.3 is 0 Å². The molecule has 1 saturated carbocycles. The molecule has 3 aromatic rings. The van der Waals surface area contributed by atoms with Gasteiger partial charge in [0.25, 0.3) is 5.91 Å². The van der Waals surface area contributed by atoms with E-state index in [1.807, 2.05) is 41.8 Å². The second kappa shape index (κ2) is 8.28. The Kier molecular flexibility index (Phi) is 5.43. The number of rotatable bonds is 5. The summed E-state index contributed by atoms with van der Waals surface area (Å²) in [7, 11) is 1.62. The van der Waals surface area contributed by atoms with Crippen molar-refractivity contribution in [2.45, 2.75) is 64.2 Å². The SMILES string of the molecule is COc1ccccc1CN1C(=O)c2cc3occc3n2CC1(C)C(=O)NC1CCC(C)CC1. The third-order valence-electron chi connectivity index (χ3n) is 7.41. The summed E-state index contributed by atoms with van der Waals surface area (Å²) in [6.45, 7) is 4.77. The number of furan rings is 1. The number of nitrogens with zero attached hydrogens (tertiary/aromatic N) is 2. The van der Waals surface area contributed by atoms with E-state index in [9.17, 15) is 9.59 Å². The van der Waals surface area contributed by atoms with Crippen LogP contribution >= 0.6 is 0 Å². The van der Waals surface area contributed by atoms with Crippen LogP contribution in [-0.2, 0) is 17.9 Å². The van der Waals surface area contributed by atoms with Crippen molar-refractivity contribution in [3.63, 3.8) is 0 Å². The molecule has 1 aliphatic heterocycles. The van der Waals surface area contributed by atoms with Crippen LogP contribution < -0.4 is 10.1 Å². The van der Waals surface area contributed by atoms with Gasteiger partial charge < -0.3 is 23.9 Å². The van der Waals surface area contributed by atoms with E-state index in [0.29, 0.717) is 29.5 Å². The number of carbonyl (C=O) groups is 2. The molecule has 1 unspecified atom stereocenters. The van der Waals surface area contributed by atoms with Crippen molar-refractivity contribution in [3.05, 3.63) is 53.9 Å². The van der Waals surface area contributed by atoms with Crippen LogP contribution in [-0.4, -0.2) is 40.0 Å². The highest BCUT2D eigenvalue weighted by molar-refractivity contribution is 6.02. The molecule has 5 rings (SSSR count). The summed E-state index contributed by atoms with van der Waals surface area (Å²) in [4.78, 5) is 29.3. The molecule has 1 N–H and O–H groups in total. The summed E-state index contributed by atoms with van der Waals surface area (Å²) in [5.74, 6) is 1.10. The summed E-state index contributed by atoms with van der Waals surface area (Å²) in [5, 5.41) is 3.28. The molecule has 7 nitrogen and oxygen atoms in total. The van der Waals surface area contributed by atoms with Crippen LogP contribution in [0.15, 0.2) is 47.1 Å². The van der Waals surface area contributed by atoms with Crippen LogP contribution in [0.2, 0.25) is 0 Å². The van der Waals surface area contributed by atoms with Gasteiger partial charge in [-0.25, -0.2) is 0 Å². The maximum atomic E-state index is 13.8. The fourth-order valence-corrected chi connectivity index (χ4v) is 5.27. The minimum Gasteiger partial charge on any atom is -0.496 e. The highest BCUT2D eigenvalue weighted by atomic mass is 16.5. The van der Waals surface area contributed by atoms with E-state index >= 15 is 0 Å². The predicted octanol–water partition coefficient (Wildman–Crippen LogP) is 4.35. The van der Waals surface area contributed by atoms with Gasteiger partial charge in [-0.3, -0.25) is 9.59 Å². The lowest BCUT2D eigenvalue weighted by Crippen LogP contribution is -2.64. The first kappa shape index (κ1) is 21.6. The molecule has 0 saturated heterocycles. The summed E-state index contributed by atoms with van der Waals surface area (Å²) in [6, 6.07) is 11.4. The Morgan fingerprint density at radius 1 is 1.21 bits per heavy atom. The zero-order valence-corrected chi connectivity index (χ0v) is 19.5. The first-order chi connectivity index (χ1) is 15.9. The van der Waals surface area contributed by atoms with Gasteiger partial charge in [-0.15, -0.1) is 0 Å². The van der Waals surface area contributed by atoms with Crippen LogP contribution in [0.3, 0.4) is 0 Å². The largest absolute Gasteiger partial charge is 0.496 e. The number of para-hydroxylation sites is 1. The van der Waals surface area contributed by atoms with E-state index < -0.39 is 5.54 Å². The van der Waals surface area contributed by atoms with Crippen molar-refractivity contribution < 1.29 is 18.7 Å². The van der Waals surface area contributed by atoms with Crippen LogP contribution in [0, 0.1) is 5.92 Å².